The predicted molar refractivity (Wildman–Crippen MR) is 131 cm³/mol. The summed E-state index contributed by atoms with van der Waals surface area (Å²) >= 11 is 3.47. The van der Waals surface area contributed by atoms with E-state index in [9.17, 15) is 9.59 Å². The number of rotatable bonds is 8. The van der Waals surface area contributed by atoms with Gasteiger partial charge in [0.15, 0.2) is 6.10 Å². The highest BCUT2D eigenvalue weighted by Gasteiger charge is 2.20. The third-order valence-electron chi connectivity index (χ3n) is 5.06. The van der Waals surface area contributed by atoms with Crippen LogP contribution in [0.15, 0.2) is 71.2 Å². The van der Waals surface area contributed by atoms with Crippen molar-refractivity contribution in [3.8, 4) is 5.75 Å². The van der Waals surface area contributed by atoms with Crippen molar-refractivity contribution in [2.45, 2.75) is 33.3 Å². The molecule has 0 spiro atoms. The number of carbonyl (C=O) groups excluding carboxylic acids is 2. The maximum Gasteiger partial charge on any atom is 0.265 e. The van der Waals surface area contributed by atoms with Crippen LogP contribution in [0.25, 0.3) is 0 Å². The Bertz CT molecular complexity index is 1080. The molecule has 0 saturated heterocycles. The van der Waals surface area contributed by atoms with E-state index in [4.69, 9.17) is 4.74 Å². The number of carbonyl (C=O) groups is 2. The van der Waals surface area contributed by atoms with Gasteiger partial charge in [-0.15, -0.1) is 0 Å². The number of para-hydroxylation sites is 1. The Balaban J connectivity index is 1.63. The summed E-state index contributed by atoms with van der Waals surface area (Å²) in [4.78, 5) is 25.5. The van der Waals surface area contributed by atoms with E-state index in [1.54, 1.807) is 31.2 Å². The average Bonchev–Trinajstić information content (AvgIpc) is 2.77. The third-order valence-corrected chi connectivity index (χ3v) is 5.52. The van der Waals surface area contributed by atoms with Gasteiger partial charge in [0.2, 0.25) is 0 Å². The SMILES string of the molecule is Cc1cc(Br)cc(C)c1OC(C)C(=O)Nc1ccccc1C(=O)NCCc1ccccc1. The standard InChI is InChI=1S/C26H27BrN2O3/c1-17-15-21(27)16-18(2)24(17)32-19(3)25(30)29-23-12-8-7-11-22(23)26(31)28-14-13-20-9-5-4-6-10-20/h4-12,15-16,19H,13-14H2,1-3H3,(H,28,31)(H,29,30). The molecule has 1 atom stereocenters. The lowest BCUT2D eigenvalue weighted by Gasteiger charge is -2.19. The Labute approximate surface area is 197 Å². The van der Waals surface area contributed by atoms with E-state index in [2.05, 4.69) is 26.6 Å². The minimum Gasteiger partial charge on any atom is -0.480 e. The lowest BCUT2D eigenvalue weighted by molar-refractivity contribution is -0.122. The summed E-state index contributed by atoms with van der Waals surface area (Å²) in [6.45, 7) is 6.07. The van der Waals surface area contributed by atoms with Gasteiger partial charge in [0.05, 0.1) is 11.3 Å². The first-order valence-corrected chi connectivity index (χ1v) is 11.3. The summed E-state index contributed by atoms with van der Waals surface area (Å²) in [5, 5.41) is 5.76. The number of aryl methyl sites for hydroxylation is 2. The van der Waals surface area contributed by atoms with Crippen molar-refractivity contribution >= 4 is 33.4 Å². The molecule has 3 aromatic rings. The number of hydrogen-bond donors (Lipinski definition) is 2. The molecule has 5 nitrogen and oxygen atoms in total. The van der Waals surface area contributed by atoms with E-state index < -0.39 is 6.10 Å². The largest absolute Gasteiger partial charge is 0.480 e. The molecule has 0 aromatic heterocycles. The van der Waals surface area contributed by atoms with E-state index in [-0.39, 0.29) is 11.8 Å². The third kappa shape index (κ3) is 6.20. The van der Waals surface area contributed by atoms with Crippen LogP contribution in [0.2, 0.25) is 0 Å². The molecule has 0 bridgehead atoms. The summed E-state index contributed by atoms with van der Waals surface area (Å²) in [6, 6.07) is 20.8. The zero-order valence-electron chi connectivity index (χ0n) is 18.4. The molecular formula is C26H27BrN2O3. The van der Waals surface area contributed by atoms with Crippen molar-refractivity contribution in [3.63, 3.8) is 0 Å². The highest BCUT2D eigenvalue weighted by Crippen LogP contribution is 2.28. The van der Waals surface area contributed by atoms with Crippen LogP contribution >= 0.6 is 15.9 Å². The Hall–Kier alpha value is -3.12. The predicted octanol–water partition coefficient (Wildman–Crippen LogP) is 5.44. The van der Waals surface area contributed by atoms with Gasteiger partial charge in [0.25, 0.3) is 11.8 Å². The molecule has 0 fully saturated rings. The minimum absolute atomic E-state index is 0.231. The lowest BCUT2D eigenvalue weighted by Crippen LogP contribution is -2.32. The molecule has 0 aliphatic rings. The Kier molecular flexibility index (Phi) is 8.06. The van der Waals surface area contributed by atoms with E-state index in [0.717, 1.165) is 27.6 Å². The van der Waals surface area contributed by atoms with Crippen molar-refractivity contribution in [3.05, 3.63) is 93.5 Å². The topological polar surface area (TPSA) is 67.4 Å². The number of hydrogen-bond acceptors (Lipinski definition) is 3. The second kappa shape index (κ2) is 11.0. The second-order valence-corrected chi connectivity index (χ2v) is 8.57. The molecule has 0 aliphatic carbocycles. The molecule has 0 heterocycles. The summed E-state index contributed by atoms with van der Waals surface area (Å²) < 4.78 is 6.91. The summed E-state index contributed by atoms with van der Waals surface area (Å²) in [5.41, 5.74) is 3.90. The zero-order valence-corrected chi connectivity index (χ0v) is 20.0. The van der Waals surface area contributed by atoms with Gasteiger partial charge in [-0.25, -0.2) is 0 Å². The Morgan fingerprint density at radius 3 is 2.28 bits per heavy atom. The second-order valence-electron chi connectivity index (χ2n) is 7.66. The molecule has 0 aliphatic heterocycles. The van der Waals surface area contributed by atoms with Crippen LogP contribution in [-0.2, 0) is 11.2 Å². The molecule has 3 rings (SSSR count). The summed E-state index contributed by atoms with van der Waals surface area (Å²) in [6.07, 6.45) is 0.000457. The van der Waals surface area contributed by atoms with Gasteiger partial charge in [0.1, 0.15) is 5.75 Å². The van der Waals surface area contributed by atoms with E-state index >= 15 is 0 Å². The van der Waals surface area contributed by atoms with Crippen LogP contribution in [-0.4, -0.2) is 24.5 Å². The van der Waals surface area contributed by atoms with Crippen molar-refractivity contribution in [1.29, 1.82) is 0 Å². The number of halogens is 1. The van der Waals surface area contributed by atoms with Gasteiger partial charge in [-0.2, -0.15) is 0 Å². The van der Waals surface area contributed by atoms with Gasteiger partial charge in [-0.3, -0.25) is 9.59 Å². The molecule has 3 aromatic carbocycles. The van der Waals surface area contributed by atoms with Gasteiger partial charge < -0.3 is 15.4 Å². The molecule has 32 heavy (non-hydrogen) atoms. The van der Waals surface area contributed by atoms with E-state index in [1.165, 1.54) is 0 Å². The lowest BCUT2D eigenvalue weighted by atomic mass is 10.1. The zero-order chi connectivity index (χ0) is 23.1. The first-order chi connectivity index (χ1) is 15.3. The van der Waals surface area contributed by atoms with E-state index in [1.807, 2.05) is 56.3 Å². The number of amides is 2. The molecular weight excluding hydrogens is 468 g/mol. The van der Waals surface area contributed by atoms with Crippen LogP contribution in [0.3, 0.4) is 0 Å². The van der Waals surface area contributed by atoms with E-state index in [0.29, 0.717) is 23.5 Å². The maximum atomic E-state index is 12.8. The number of nitrogens with one attached hydrogen (secondary N) is 2. The molecule has 166 valence electrons. The molecule has 1 unspecified atom stereocenters. The molecule has 0 radical (unpaired) electrons. The minimum atomic E-state index is -0.734. The van der Waals surface area contributed by atoms with Crippen molar-refractivity contribution in [1.82, 2.24) is 5.32 Å². The molecule has 2 amide bonds. The highest BCUT2D eigenvalue weighted by atomic mass is 79.9. The average molecular weight is 495 g/mol. The van der Waals surface area contributed by atoms with Crippen LogP contribution in [0, 0.1) is 13.8 Å². The summed E-state index contributed by atoms with van der Waals surface area (Å²) in [7, 11) is 0. The fraction of sp³-hybridized carbons (Fsp3) is 0.231. The molecule has 6 heteroatoms. The number of benzene rings is 3. The van der Waals surface area contributed by atoms with Gasteiger partial charge >= 0.3 is 0 Å². The fourth-order valence-corrected chi connectivity index (χ4v) is 4.09. The van der Waals surface area contributed by atoms with Crippen LogP contribution in [0.4, 0.5) is 5.69 Å². The highest BCUT2D eigenvalue weighted by molar-refractivity contribution is 9.10. The molecule has 2 N–H and O–H groups in total. The normalized spacial score (nSPS) is 11.5. The van der Waals surface area contributed by atoms with Crippen molar-refractivity contribution in [2.75, 3.05) is 11.9 Å². The molecule has 0 saturated carbocycles. The fourth-order valence-electron chi connectivity index (χ4n) is 3.40. The monoisotopic (exact) mass is 494 g/mol. The van der Waals surface area contributed by atoms with Crippen molar-refractivity contribution < 1.29 is 14.3 Å². The van der Waals surface area contributed by atoms with Gasteiger partial charge in [0, 0.05) is 11.0 Å². The van der Waals surface area contributed by atoms with Gasteiger partial charge in [-0.05, 0) is 68.1 Å². The van der Waals surface area contributed by atoms with Crippen LogP contribution < -0.4 is 15.4 Å². The maximum absolute atomic E-state index is 12.8. The van der Waals surface area contributed by atoms with Crippen LogP contribution in [0.1, 0.15) is 34.0 Å². The number of ether oxygens (including phenoxy) is 1. The van der Waals surface area contributed by atoms with Crippen molar-refractivity contribution in [2.24, 2.45) is 0 Å². The Morgan fingerprint density at radius 2 is 1.59 bits per heavy atom. The first kappa shape index (κ1) is 23.5. The quantitative estimate of drug-likeness (QED) is 0.437. The van der Waals surface area contributed by atoms with Crippen LogP contribution in [0.5, 0.6) is 5.75 Å². The number of anilines is 1. The first-order valence-electron chi connectivity index (χ1n) is 10.5. The smallest absolute Gasteiger partial charge is 0.265 e. The summed E-state index contributed by atoms with van der Waals surface area (Å²) in [5.74, 6) is 0.129. The Morgan fingerprint density at radius 1 is 0.969 bits per heavy atom. The van der Waals surface area contributed by atoms with Gasteiger partial charge in [-0.1, -0.05) is 58.4 Å².